The van der Waals surface area contributed by atoms with Crippen molar-refractivity contribution in [1.29, 1.82) is 0 Å². The van der Waals surface area contributed by atoms with Gasteiger partial charge in [-0.2, -0.15) is 0 Å². The summed E-state index contributed by atoms with van der Waals surface area (Å²) in [7, 11) is 4.33. The SMILES string of the molecule is CC(N)C(c1ccco1)N1CCC(N(C)C)CC1. The Morgan fingerprint density at radius 1 is 1.39 bits per heavy atom. The van der Waals surface area contributed by atoms with Crippen LogP contribution in [0.1, 0.15) is 31.6 Å². The third kappa shape index (κ3) is 2.94. The number of hydrogen-bond donors (Lipinski definition) is 1. The quantitative estimate of drug-likeness (QED) is 0.884. The van der Waals surface area contributed by atoms with E-state index in [0.717, 1.165) is 18.8 Å². The van der Waals surface area contributed by atoms with Crippen molar-refractivity contribution >= 4 is 0 Å². The van der Waals surface area contributed by atoms with Gasteiger partial charge >= 0.3 is 0 Å². The van der Waals surface area contributed by atoms with Gasteiger partial charge in [0.2, 0.25) is 0 Å². The first kappa shape index (κ1) is 13.6. The number of hydrogen-bond acceptors (Lipinski definition) is 4. The molecule has 1 saturated heterocycles. The number of piperidine rings is 1. The lowest BCUT2D eigenvalue weighted by molar-refractivity contribution is 0.0877. The summed E-state index contributed by atoms with van der Waals surface area (Å²) in [5.74, 6) is 0.994. The van der Waals surface area contributed by atoms with Crippen LogP contribution in [0.3, 0.4) is 0 Å². The predicted molar refractivity (Wildman–Crippen MR) is 73.4 cm³/mol. The Bertz CT molecular complexity index is 340. The molecule has 1 aromatic rings. The molecule has 0 aromatic carbocycles. The van der Waals surface area contributed by atoms with E-state index in [1.807, 2.05) is 12.1 Å². The van der Waals surface area contributed by atoms with Gasteiger partial charge in [-0.25, -0.2) is 0 Å². The summed E-state index contributed by atoms with van der Waals surface area (Å²) in [6.45, 7) is 4.25. The van der Waals surface area contributed by atoms with Crippen LogP contribution >= 0.6 is 0 Å². The fourth-order valence-corrected chi connectivity index (χ4v) is 2.91. The van der Waals surface area contributed by atoms with Crippen molar-refractivity contribution in [1.82, 2.24) is 9.80 Å². The summed E-state index contributed by atoms with van der Waals surface area (Å²) in [5.41, 5.74) is 6.14. The zero-order valence-electron chi connectivity index (χ0n) is 11.7. The van der Waals surface area contributed by atoms with Crippen molar-refractivity contribution in [3.05, 3.63) is 24.2 Å². The second-order valence-electron chi connectivity index (χ2n) is 5.55. The Morgan fingerprint density at radius 3 is 2.50 bits per heavy atom. The molecule has 0 bridgehead atoms. The van der Waals surface area contributed by atoms with Gasteiger partial charge in [0.15, 0.2) is 0 Å². The molecule has 2 heterocycles. The van der Waals surface area contributed by atoms with Crippen LogP contribution in [-0.4, -0.2) is 49.1 Å². The lowest BCUT2D eigenvalue weighted by Gasteiger charge is -2.40. The average molecular weight is 251 g/mol. The molecule has 4 heteroatoms. The second-order valence-corrected chi connectivity index (χ2v) is 5.55. The molecule has 0 saturated carbocycles. The Labute approximate surface area is 110 Å². The molecule has 102 valence electrons. The molecule has 0 spiro atoms. The van der Waals surface area contributed by atoms with E-state index >= 15 is 0 Å². The lowest BCUT2D eigenvalue weighted by Crippen LogP contribution is -2.47. The number of nitrogens with two attached hydrogens (primary N) is 1. The maximum atomic E-state index is 6.14. The van der Waals surface area contributed by atoms with Crippen LogP contribution in [0.15, 0.2) is 22.8 Å². The van der Waals surface area contributed by atoms with Crippen LogP contribution in [0.4, 0.5) is 0 Å². The minimum atomic E-state index is 0.0899. The van der Waals surface area contributed by atoms with E-state index in [4.69, 9.17) is 10.2 Å². The highest BCUT2D eigenvalue weighted by molar-refractivity contribution is 5.08. The van der Waals surface area contributed by atoms with E-state index < -0.39 is 0 Å². The zero-order chi connectivity index (χ0) is 13.1. The summed E-state index contributed by atoms with van der Waals surface area (Å²) in [4.78, 5) is 4.79. The van der Waals surface area contributed by atoms with Crippen molar-refractivity contribution < 1.29 is 4.42 Å². The number of furan rings is 1. The fraction of sp³-hybridized carbons (Fsp3) is 0.714. The number of likely N-dealkylation sites (tertiary alicyclic amines) is 1. The molecule has 1 fully saturated rings. The van der Waals surface area contributed by atoms with Crippen molar-refractivity contribution in [2.45, 2.75) is 37.9 Å². The Balaban J connectivity index is 2.02. The van der Waals surface area contributed by atoms with E-state index in [9.17, 15) is 0 Å². The summed E-state index contributed by atoms with van der Waals surface area (Å²) in [6.07, 6.45) is 4.14. The average Bonchev–Trinajstić information content (AvgIpc) is 2.83. The molecule has 2 rings (SSSR count). The van der Waals surface area contributed by atoms with Crippen LogP contribution < -0.4 is 5.73 Å². The molecule has 2 N–H and O–H groups in total. The van der Waals surface area contributed by atoms with E-state index in [-0.39, 0.29) is 12.1 Å². The lowest BCUT2D eigenvalue weighted by atomic mass is 9.98. The van der Waals surface area contributed by atoms with E-state index in [0.29, 0.717) is 6.04 Å². The van der Waals surface area contributed by atoms with Crippen molar-refractivity contribution in [3.8, 4) is 0 Å². The van der Waals surface area contributed by atoms with Crippen LogP contribution in [-0.2, 0) is 0 Å². The molecule has 1 aliphatic rings. The van der Waals surface area contributed by atoms with Crippen LogP contribution in [0.5, 0.6) is 0 Å². The zero-order valence-corrected chi connectivity index (χ0v) is 11.7. The minimum Gasteiger partial charge on any atom is -0.468 e. The Kier molecular flexibility index (Phi) is 4.43. The first-order valence-electron chi connectivity index (χ1n) is 6.79. The molecule has 1 aromatic heterocycles. The molecule has 2 atom stereocenters. The maximum Gasteiger partial charge on any atom is 0.122 e. The van der Waals surface area contributed by atoms with Gasteiger partial charge in [0.05, 0.1) is 12.3 Å². The van der Waals surface area contributed by atoms with Crippen LogP contribution in [0.2, 0.25) is 0 Å². The summed E-state index contributed by atoms with van der Waals surface area (Å²) in [5, 5.41) is 0. The fourth-order valence-electron chi connectivity index (χ4n) is 2.91. The van der Waals surface area contributed by atoms with Crippen LogP contribution in [0, 0.1) is 0 Å². The molecular weight excluding hydrogens is 226 g/mol. The van der Waals surface area contributed by atoms with Gasteiger partial charge in [-0.1, -0.05) is 0 Å². The molecule has 0 amide bonds. The molecule has 18 heavy (non-hydrogen) atoms. The topological polar surface area (TPSA) is 45.6 Å². The number of rotatable bonds is 4. The normalized spacial score (nSPS) is 22.3. The summed E-state index contributed by atoms with van der Waals surface area (Å²) >= 11 is 0. The Morgan fingerprint density at radius 2 is 2.06 bits per heavy atom. The Hall–Kier alpha value is -0.840. The summed E-state index contributed by atoms with van der Waals surface area (Å²) in [6, 6.07) is 4.98. The van der Waals surface area contributed by atoms with Gasteiger partial charge in [-0.3, -0.25) is 4.90 Å². The van der Waals surface area contributed by atoms with Crippen LogP contribution in [0.25, 0.3) is 0 Å². The van der Waals surface area contributed by atoms with E-state index in [2.05, 4.69) is 30.8 Å². The summed E-state index contributed by atoms with van der Waals surface area (Å²) < 4.78 is 5.55. The van der Waals surface area contributed by atoms with Gasteiger partial charge in [0, 0.05) is 25.2 Å². The minimum absolute atomic E-state index is 0.0899. The third-order valence-corrected chi connectivity index (χ3v) is 3.96. The van der Waals surface area contributed by atoms with Gasteiger partial charge in [0.25, 0.3) is 0 Å². The first-order chi connectivity index (χ1) is 8.59. The smallest absolute Gasteiger partial charge is 0.122 e. The second kappa shape index (κ2) is 5.87. The maximum absolute atomic E-state index is 6.14. The first-order valence-corrected chi connectivity index (χ1v) is 6.79. The standard InChI is InChI=1S/C14H25N3O/c1-11(15)14(13-5-4-10-18-13)17-8-6-12(7-9-17)16(2)3/h4-5,10-12,14H,6-9,15H2,1-3H3. The van der Waals surface area contributed by atoms with Crippen molar-refractivity contribution in [3.63, 3.8) is 0 Å². The monoisotopic (exact) mass is 251 g/mol. The molecule has 0 radical (unpaired) electrons. The van der Waals surface area contributed by atoms with Gasteiger partial charge < -0.3 is 15.1 Å². The van der Waals surface area contributed by atoms with Gasteiger partial charge in [-0.05, 0) is 46.0 Å². The molecule has 1 aliphatic heterocycles. The molecule has 2 unspecified atom stereocenters. The largest absolute Gasteiger partial charge is 0.468 e. The van der Waals surface area contributed by atoms with Crippen molar-refractivity contribution in [2.24, 2.45) is 5.73 Å². The van der Waals surface area contributed by atoms with E-state index in [1.165, 1.54) is 12.8 Å². The number of nitrogens with zero attached hydrogens (tertiary/aromatic N) is 2. The molecular formula is C14H25N3O. The van der Waals surface area contributed by atoms with E-state index in [1.54, 1.807) is 6.26 Å². The molecule has 0 aliphatic carbocycles. The van der Waals surface area contributed by atoms with Gasteiger partial charge in [0.1, 0.15) is 5.76 Å². The van der Waals surface area contributed by atoms with Crippen molar-refractivity contribution in [2.75, 3.05) is 27.2 Å². The highest BCUT2D eigenvalue weighted by Gasteiger charge is 2.30. The highest BCUT2D eigenvalue weighted by Crippen LogP contribution is 2.28. The molecule has 4 nitrogen and oxygen atoms in total. The van der Waals surface area contributed by atoms with Gasteiger partial charge in [-0.15, -0.1) is 0 Å². The predicted octanol–water partition coefficient (Wildman–Crippen LogP) is 1.69. The third-order valence-electron chi connectivity index (χ3n) is 3.96. The highest BCUT2D eigenvalue weighted by atomic mass is 16.3.